The van der Waals surface area contributed by atoms with Crippen LogP contribution >= 0.6 is 11.8 Å². The van der Waals surface area contributed by atoms with Gasteiger partial charge >= 0.3 is 0 Å². The first-order valence-electron chi connectivity index (χ1n) is 12.3. The monoisotopic (exact) mass is 536 g/mol. The van der Waals surface area contributed by atoms with Gasteiger partial charge in [-0.2, -0.15) is 0 Å². The normalized spacial score (nSPS) is 11.8. The van der Waals surface area contributed by atoms with Crippen molar-refractivity contribution in [2.75, 3.05) is 10.6 Å². The van der Waals surface area contributed by atoms with E-state index in [2.05, 4.69) is 20.9 Å². The van der Waals surface area contributed by atoms with E-state index in [4.69, 9.17) is 0 Å². The summed E-state index contributed by atoms with van der Waals surface area (Å²) in [5.74, 6) is -1.02. The second kappa shape index (κ2) is 13.2. The lowest BCUT2D eigenvalue weighted by Gasteiger charge is -2.14. The summed E-state index contributed by atoms with van der Waals surface area (Å²) in [6.07, 6.45) is 4.80. The van der Waals surface area contributed by atoms with Crippen LogP contribution in [0.15, 0.2) is 114 Å². The minimum atomic E-state index is -0.490. The molecule has 4 aromatic rings. The number of carbonyl (C=O) groups is 3. The summed E-state index contributed by atoms with van der Waals surface area (Å²) >= 11 is 1.38. The van der Waals surface area contributed by atoms with Crippen molar-refractivity contribution >= 4 is 46.9 Å². The predicted molar refractivity (Wildman–Crippen MR) is 156 cm³/mol. The molecule has 0 bridgehead atoms. The maximum absolute atomic E-state index is 13.3. The summed E-state index contributed by atoms with van der Waals surface area (Å²) < 4.78 is 0. The Morgan fingerprint density at radius 2 is 1.62 bits per heavy atom. The highest BCUT2D eigenvalue weighted by Crippen LogP contribution is 2.27. The Labute approximate surface area is 231 Å². The summed E-state index contributed by atoms with van der Waals surface area (Å²) in [7, 11) is 0. The molecule has 1 atom stereocenters. The number of aromatic nitrogens is 1. The average Bonchev–Trinajstić information content (AvgIpc) is 2.95. The number of pyridine rings is 1. The molecule has 0 aliphatic carbocycles. The average molecular weight is 537 g/mol. The molecule has 0 fully saturated rings. The van der Waals surface area contributed by atoms with Gasteiger partial charge in [0.1, 0.15) is 5.70 Å². The molecule has 0 radical (unpaired) electrons. The predicted octanol–water partition coefficient (Wildman–Crippen LogP) is 5.92. The SMILES string of the molecule is Cc1ccc(NC(=O)C(C)Sc2cccc(NC(=O)/C(=C/c3cccnc3)NC(=O)c3ccccc3)c2)cc1. The van der Waals surface area contributed by atoms with E-state index in [1.54, 1.807) is 73.1 Å². The summed E-state index contributed by atoms with van der Waals surface area (Å²) in [5, 5.41) is 8.12. The lowest BCUT2D eigenvalue weighted by atomic mass is 10.2. The van der Waals surface area contributed by atoms with E-state index in [0.29, 0.717) is 16.8 Å². The van der Waals surface area contributed by atoms with Gasteiger partial charge in [-0.15, -0.1) is 11.8 Å². The Balaban J connectivity index is 1.45. The van der Waals surface area contributed by atoms with Crippen molar-refractivity contribution in [1.29, 1.82) is 0 Å². The van der Waals surface area contributed by atoms with E-state index in [0.717, 1.165) is 16.1 Å². The van der Waals surface area contributed by atoms with Crippen LogP contribution in [0, 0.1) is 6.92 Å². The summed E-state index contributed by atoms with van der Waals surface area (Å²) in [6, 6.07) is 27.0. The number of thioether (sulfide) groups is 1. The van der Waals surface area contributed by atoms with Gasteiger partial charge in [0.25, 0.3) is 11.8 Å². The Morgan fingerprint density at radius 3 is 2.33 bits per heavy atom. The summed E-state index contributed by atoms with van der Waals surface area (Å²) in [5.41, 5.74) is 3.55. The Hall–Kier alpha value is -4.69. The van der Waals surface area contributed by atoms with Gasteiger partial charge in [0.05, 0.1) is 5.25 Å². The van der Waals surface area contributed by atoms with Gasteiger partial charge in [-0.3, -0.25) is 19.4 Å². The molecular weight excluding hydrogens is 508 g/mol. The van der Waals surface area contributed by atoms with Gasteiger partial charge in [0.15, 0.2) is 0 Å². The largest absolute Gasteiger partial charge is 0.325 e. The molecule has 1 aromatic heterocycles. The third-order valence-corrected chi connectivity index (χ3v) is 6.71. The van der Waals surface area contributed by atoms with E-state index in [9.17, 15) is 14.4 Å². The molecule has 4 rings (SSSR count). The molecule has 39 heavy (non-hydrogen) atoms. The maximum atomic E-state index is 13.3. The molecule has 1 heterocycles. The molecule has 196 valence electrons. The lowest BCUT2D eigenvalue weighted by molar-refractivity contribution is -0.115. The number of rotatable bonds is 9. The van der Waals surface area contributed by atoms with Crippen LogP contribution in [0.2, 0.25) is 0 Å². The zero-order valence-electron chi connectivity index (χ0n) is 21.5. The highest BCUT2D eigenvalue weighted by atomic mass is 32.2. The van der Waals surface area contributed by atoms with E-state index in [-0.39, 0.29) is 16.9 Å². The number of anilines is 2. The number of hydrogen-bond acceptors (Lipinski definition) is 5. The lowest BCUT2D eigenvalue weighted by Crippen LogP contribution is -2.30. The number of amides is 3. The van der Waals surface area contributed by atoms with Crippen molar-refractivity contribution in [2.24, 2.45) is 0 Å². The highest BCUT2D eigenvalue weighted by molar-refractivity contribution is 8.00. The van der Waals surface area contributed by atoms with Gasteiger partial charge in [0, 0.05) is 34.2 Å². The standard InChI is InChI=1S/C31H28N4O3S/c1-21-13-15-25(16-14-21)33-29(36)22(2)39-27-12-6-11-26(19-27)34-31(38)28(18-23-8-7-17-32-20-23)35-30(37)24-9-4-3-5-10-24/h3-20,22H,1-2H3,(H,33,36)(H,34,38)(H,35,37)/b28-18-. The zero-order chi connectivity index (χ0) is 27.6. The van der Waals surface area contributed by atoms with E-state index >= 15 is 0 Å². The van der Waals surface area contributed by atoms with Crippen LogP contribution in [0.3, 0.4) is 0 Å². The number of hydrogen-bond donors (Lipinski definition) is 3. The summed E-state index contributed by atoms with van der Waals surface area (Å²) in [4.78, 5) is 43.6. The van der Waals surface area contributed by atoms with Crippen LogP contribution in [0.1, 0.15) is 28.4 Å². The third-order valence-electron chi connectivity index (χ3n) is 5.62. The van der Waals surface area contributed by atoms with Gasteiger partial charge < -0.3 is 16.0 Å². The van der Waals surface area contributed by atoms with E-state index in [1.165, 1.54) is 11.8 Å². The first-order valence-corrected chi connectivity index (χ1v) is 13.2. The molecule has 0 aliphatic heterocycles. The Morgan fingerprint density at radius 1 is 0.846 bits per heavy atom. The minimum absolute atomic E-state index is 0.0701. The summed E-state index contributed by atoms with van der Waals surface area (Å²) in [6.45, 7) is 3.82. The number of nitrogens with zero attached hydrogens (tertiary/aromatic N) is 1. The number of aryl methyl sites for hydroxylation is 1. The second-order valence-electron chi connectivity index (χ2n) is 8.76. The maximum Gasteiger partial charge on any atom is 0.272 e. The molecule has 0 saturated carbocycles. The molecule has 0 spiro atoms. The molecule has 7 nitrogen and oxygen atoms in total. The van der Waals surface area contributed by atoms with Crippen LogP contribution in [-0.2, 0) is 9.59 Å². The Bertz CT molecular complexity index is 1470. The van der Waals surface area contributed by atoms with Crippen LogP contribution in [-0.4, -0.2) is 28.0 Å². The second-order valence-corrected chi connectivity index (χ2v) is 10.2. The molecule has 1 unspecified atom stereocenters. The van der Waals surface area contributed by atoms with Gasteiger partial charge in [-0.1, -0.05) is 48.0 Å². The van der Waals surface area contributed by atoms with Crippen LogP contribution in [0.4, 0.5) is 11.4 Å². The Kier molecular flexibility index (Phi) is 9.26. The van der Waals surface area contributed by atoms with E-state index in [1.807, 2.05) is 50.2 Å². The highest BCUT2D eigenvalue weighted by Gasteiger charge is 2.17. The van der Waals surface area contributed by atoms with Crippen molar-refractivity contribution in [1.82, 2.24) is 10.3 Å². The van der Waals surface area contributed by atoms with Crippen LogP contribution in [0.5, 0.6) is 0 Å². The molecular formula is C31H28N4O3S. The molecule has 3 N–H and O–H groups in total. The molecule has 0 saturated heterocycles. The topological polar surface area (TPSA) is 100 Å². The molecule has 3 amide bonds. The van der Waals surface area contributed by atoms with Crippen molar-refractivity contribution in [2.45, 2.75) is 24.0 Å². The van der Waals surface area contributed by atoms with Crippen LogP contribution in [0.25, 0.3) is 6.08 Å². The third kappa shape index (κ3) is 8.15. The smallest absolute Gasteiger partial charge is 0.272 e. The number of benzene rings is 3. The van der Waals surface area contributed by atoms with Gasteiger partial charge in [-0.05, 0) is 74.0 Å². The minimum Gasteiger partial charge on any atom is -0.325 e. The number of nitrogens with one attached hydrogen (secondary N) is 3. The van der Waals surface area contributed by atoms with Crippen molar-refractivity contribution in [3.05, 3.63) is 126 Å². The van der Waals surface area contributed by atoms with Crippen LogP contribution < -0.4 is 16.0 Å². The first-order chi connectivity index (χ1) is 18.9. The van der Waals surface area contributed by atoms with Gasteiger partial charge in [-0.25, -0.2) is 0 Å². The molecule has 0 aliphatic rings. The fourth-order valence-corrected chi connectivity index (χ4v) is 4.48. The van der Waals surface area contributed by atoms with Crippen molar-refractivity contribution in [3.8, 4) is 0 Å². The zero-order valence-corrected chi connectivity index (χ0v) is 22.4. The fourth-order valence-electron chi connectivity index (χ4n) is 3.55. The molecule has 8 heteroatoms. The van der Waals surface area contributed by atoms with E-state index < -0.39 is 11.8 Å². The number of carbonyl (C=O) groups excluding carboxylic acids is 3. The van der Waals surface area contributed by atoms with Crippen molar-refractivity contribution in [3.63, 3.8) is 0 Å². The molecule has 3 aromatic carbocycles. The van der Waals surface area contributed by atoms with Gasteiger partial charge in [0.2, 0.25) is 5.91 Å². The fraction of sp³-hybridized carbons (Fsp3) is 0.0968. The quantitative estimate of drug-likeness (QED) is 0.182. The first kappa shape index (κ1) is 27.3. The van der Waals surface area contributed by atoms with Crippen molar-refractivity contribution < 1.29 is 14.4 Å².